The molecule has 5 heterocycles. The Labute approximate surface area is 289 Å². The molecule has 0 amide bonds. The summed E-state index contributed by atoms with van der Waals surface area (Å²) >= 11 is 0. The van der Waals surface area contributed by atoms with E-state index in [1.807, 2.05) is 78.9 Å². The Morgan fingerprint density at radius 3 is 1.18 bits per heavy atom. The number of nitrogens with zero attached hydrogens (tertiary/aromatic N) is 2. The summed E-state index contributed by atoms with van der Waals surface area (Å²) in [5.74, 6) is 0. The molecule has 236 valence electrons. The van der Waals surface area contributed by atoms with Crippen LogP contribution >= 0.6 is 0 Å². The third kappa shape index (κ3) is 5.09. The van der Waals surface area contributed by atoms with Crippen molar-refractivity contribution in [2.24, 2.45) is 0 Å². The van der Waals surface area contributed by atoms with Crippen LogP contribution in [0.1, 0.15) is 33.1 Å². The minimum absolute atomic E-state index is 0.581. The molecule has 2 aliphatic heterocycles. The van der Waals surface area contributed by atoms with Gasteiger partial charge in [0.2, 0.25) is 0 Å². The average Bonchev–Trinajstić information content (AvgIpc) is 4.01. The summed E-state index contributed by atoms with van der Waals surface area (Å²) in [5, 5.41) is 0. The minimum Gasteiger partial charge on any atom is -0.354 e. The number of aromatic nitrogens is 4. The van der Waals surface area contributed by atoms with Crippen LogP contribution in [0.3, 0.4) is 0 Å². The molecule has 0 spiro atoms. The second-order valence-corrected chi connectivity index (χ2v) is 12.3. The maximum absolute atomic E-state index is 12.4. The second kappa shape index (κ2) is 12.3. The van der Waals surface area contributed by atoms with Crippen LogP contribution in [0.25, 0.3) is 90.9 Å². The first-order chi connectivity index (χ1) is 24.7. The van der Waals surface area contributed by atoms with Crippen molar-refractivity contribution in [3.63, 3.8) is 0 Å². The van der Waals surface area contributed by atoms with E-state index in [0.717, 1.165) is 95.6 Å². The molecule has 9 rings (SSSR count). The Morgan fingerprint density at radius 2 is 0.740 bits per heavy atom. The Kier molecular flexibility index (Phi) is 7.21. The van der Waals surface area contributed by atoms with Gasteiger partial charge >= 0.3 is 0 Å². The largest absolute Gasteiger partial charge is 0.354 e. The van der Waals surface area contributed by atoms with Gasteiger partial charge in [0.15, 0.2) is 6.29 Å². The van der Waals surface area contributed by atoms with E-state index < -0.39 is 0 Å². The van der Waals surface area contributed by atoms with Crippen molar-refractivity contribution in [2.75, 3.05) is 0 Å². The lowest BCUT2D eigenvalue weighted by Gasteiger charge is -2.08. The molecule has 0 atom stereocenters. The van der Waals surface area contributed by atoms with E-state index >= 15 is 0 Å². The van der Waals surface area contributed by atoms with Gasteiger partial charge in [-0.15, -0.1) is 0 Å². The number of aldehydes is 1. The predicted octanol–water partition coefficient (Wildman–Crippen LogP) is 11.1. The van der Waals surface area contributed by atoms with Crippen LogP contribution in [0.15, 0.2) is 140 Å². The average molecular weight is 643 g/mol. The molecule has 0 fully saturated rings. The van der Waals surface area contributed by atoms with Gasteiger partial charge < -0.3 is 9.97 Å². The van der Waals surface area contributed by atoms with Gasteiger partial charge in [-0.3, -0.25) is 4.79 Å². The Balaban J connectivity index is 1.49. The predicted molar refractivity (Wildman–Crippen MR) is 206 cm³/mol. The van der Waals surface area contributed by atoms with E-state index in [-0.39, 0.29) is 0 Å². The number of benzene rings is 4. The van der Waals surface area contributed by atoms with Crippen molar-refractivity contribution in [1.82, 2.24) is 19.9 Å². The first kappa shape index (κ1) is 29.3. The van der Waals surface area contributed by atoms with E-state index in [4.69, 9.17) is 9.97 Å². The van der Waals surface area contributed by atoms with E-state index in [9.17, 15) is 4.79 Å². The minimum atomic E-state index is 0.581. The van der Waals surface area contributed by atoms with E-state index in [0.29, 0.717) is 5.56 Å². The number of hydrogen-bond donors (Lipinski definition) is 2. The van der Waals surface area contributed by atoms with Crippen molar-refractivity contribution in [3.8, 4) is 44.5 Å². The Hall–Kier alpha value is -6.85. The van der Waals surface area contributed by atoms with Crippen LogP contribution in [-0.2, 0) is 0 Å². The quantitative estimate of drug-likeness (QED) is 0.183. The van der Waals surface area contributed by atoms with Crippen LogP contribution < -0.4 is 0 Å². The summed E-state index contributed by atoms with van der Waals surface area (Å²) in [6.45, 7) is 0. The number of rotatable bonds is 5. The molecular formula is C45H30N4O. The summed E-state index contributed by atoms with van der Waals surface area (Å²) in [7, 11) is 0. The number of carbonyl (C=O) groups excluding carboxylic acids is 1. The van der Waals surface area contributed by atoms with Crippen LogP contribution in [0.5, 0.6) is 0 Å². The summed E-state index contributed by atoms with van der Waals surface area (Å²) in [4.78, 5) is 30.6. The summed E-state index contributed by atoms with van der Waals surface area (Å²) in [6, 6.07) is 47.3. The SMILES string of the molecule is O=Cc1ccccc1-c1c2nc(c(-c3ccccc3)c3ccc([nH]3)c(-c3ccccc3)c3ccc([nH]3)c(-c3ccccc3)c3nc1C=C3)C=C2. The first-order valence-corrected chi connectivity index (χ1v) is 16.6. The zero-order valence-electron chi connectivity index (χ0n) is 27.0. The number of fused-ring (bicyclic) bond motifs is 8. The van der Waals surface area contributed by atoms with Gasteiger partial charge in [-0.2, -0.15) is 0 Å². The lowest BCUT2D eigenvalue weighted by molar-refractivity contribution is 0.112. The van der Waals surface area contributed by atoms with Gasteiger partial charge in [0.1, 0.15) is 0 Å². The highest BCUT2D eigenvalue weighted by Crippen LogP contribution is 2.38. The van der Waals surface area contributed by atoms with E-state index in [1.165, 1.54) is 0 Å². The van der Waals surface area contributed by atoms with Crippen molar-refractivity contribution in [2.45, 2.75) is 0 Å². The fraction of sp³-hybridized carbons (Fsp3) is 0. The third-order valence-corrected chi connectivity index (χ3v) is 9.30. The molecule has 0 saturated carbocycles. The fourth-order valence-electron chi connectivity index (χ4n) is 7.04. The second-order valence-electron chi connectivity index (χ2n) is 12.3. The molecule has 4 aromatic carbocycles. The highest BCUT2D eigenvalue weighted by atomic mass is 16.1. The van der Waals surface area contributed by atoms with Crippen LogP contribution in [0, 0.1) is 0 Å². The summed E-state index contributed by atoms with van der Waals surface area (Å²) in [5.41, 5.74) is 15.3. The van der Waals surface area contributed by atoms with E-state index in [1.54, 1.807) is 0 Å². The number of aromatic amines is 2. The highest BCUT2D eigenvalue weighted by molar-refractivity contribution is 6.01. The van der Waals surface area contributed by atoms with Crippen molar-refractivity contribution in [3.05, 3.63) is 168 Å². The molecule has 7 aromatic rings. The molecule has 5 nitrogen and oxygen atoms in total. The summed E-state index contributed by atoms with van der Waals surface area (Å²) in [6.07, 6.45) is 9.09. The number of nitrogens with one attached hydrogen (secondary N) is 2. The number of hydrogen-bond acceptors (Lipinski definition) is 3. The van der Waals surface area contributed by atoms with Gasteiger partial charge in [-0.05, 0) is 70.8 Å². The van der Waals surface area contributed by atoms with Gasteiger partial charge in [0, 0.05) is 49.9 Å². The van der Waals surface area contributed by atoms with Crippen molar-refractivity contribution >= 4 is 52.7 Å². The number of H-pyrrole nitrogens is 2. The van der Waals surface area contributed by atoms with E-state index in [2.05, 4.69) is 94.9 Å². The topological polar surface area (TPSA) is 74.4 Å². The molecule has 5 heteroatoms. The molecule has 2 N–H and O–H groups in total. The van der Waals surface area contributed by atoms with Gasteiger partial charge in [-0.25, -0.2) is 9.97 Å². The molecule has 0 saturated heterocycles. The van der Waals surface area contributed by atoms with Gasteiger partial charge in [-0.1, -0.05) is 115 Å². The smallest absolute Gasteiger partial charge is 0.150 e. The normalized spacial score (nSPS) is 11.9. The maximum atomic E-state index is 12.4. The van der Waals surface area contributed by atoms with Crippen molar-refractivity contribution < 1.29 is 4.79 Å². The van der Waals surface area contributed by atoms with Crippen LogP contribution in [0.4, 0.5) is 0 Å². The standard InChI is InChI=1S/C45H30N4O/c50-28-32-18-10-11-19-33(32)45-40-26-24-38(48-40)43(30-14-6-2-7-15-30)36-22-20-34(46-36)42(29-12-4-1-5-13-29)35-21-23-37(47-35)44(31-16-8-3-9-17-31)39-25-27-41(45)49-39/h1-28,46-47H. The Bertz CT molecular complexity index is 2510. The summed E-state index contributed by atoms with van der Waals surface area (Å²) < 4.78 is 0. The molecule has 0 unspecified atom stereocenters. The van der Waals surface area contributed by atoms with Crippen LogP contribution in [-0.4, -0.2) is 26.2 Å². The lowest BCUT2D eigenvalue weighted by Crippen LogP contribution is -1.94. The lowest BCUT2D eigenvalue weighted by atomic mass is 9.97. The maximum Gasteiger partial charge on any atom is 0.150 e. The third-order valence-electron chi connectivity index (χ3n) is 9.30. The van der Waals surface area contributed by atoms with Gasteiger partial charge in [0.25, 0.3) is 0 Å². The molecular weight excluding hydrogens is 613 g/mol. The van der Waals surface area contributed by atoms with Crippen LogP contribution in [0.2, 0.25) is 0 Å². The monoisotopic (exact) mass is 642 g/mol. The molecule has 50 heavy (non-hydrogen) atoms. The molecule has 2 aliphatic rings. The zero-order valence-corrected chi connectivity index (χ0v) is 27.0. The number of carbonyl (C=O) groups is 1. The Morgan fingerprint density at radius 1 is 0.380 bits per heavy atom. The first-order valence-electron chi connectivity index (χ1n) is 16.6. The highest BCUT2D eigenvalue weighted by Gasteiger charge is 2.20. The molecule has 3 aromatic heterocycles. The van der Waals surface area contributed by atoms with Gasteiger partial charge in [0.05, 0.1) is 22.8 Å². The molecule has 0 radical (unpaired) electrons. The fourth-order valence-corrected chi connectivity index (χ4v) is 7.04. The van der Waals surface area contributed by atoms with Crippen molar-refractivity contribution in [1.29, 1.82) is 0 Å². The molecule has 8 bridgehead atoms. The zero-order chi connectivity index (χ0) is 33.4. The molecule has 0 aliphatic carbocycles.